The molecule has 0 saturated carbocycles. The van der Waals surface area contributed by atoms with E-state index in [-0.39, 0.29) is 5.78 Å². The minimum atomic E-state index is 0.250. The average molecular weight is 356 g/mol. The lowest BCUT2D eigenvalue weighted by molar-refractivity contribution is -0.114. The number of carbonyl (C=O) groups excluding carboxylic acids is 1. The fourth-order valence-electron chi connectivity index (χ4n) is 1.80. The molecule has 0 amide bonds. The van der Waals surface area contributed by atoms with Crippen LogP contribution in [-0.2, 0) is 4.79 Å². The van der Waals surface area contributed by atoms with Crippen LogP contribution in [0.3, 0.4) is 0 Å². The van der Waals surface area contributed by atoms with Crippen molar-refractivity contribution in [3.8, 4) is 0 Å². The maximum atomic E-state index is 11.8. The number of carbonyl (C=O) groups is 1. The maximum absolute atomic E-state index is 11.8. The van der Waals surface area contributed by atoms with Crippen molar-refractivity contribution in [3.05, 3.63) is 42.0 Å². The molecule has 0 aliphatic carbocycles. The Hall–Kier alpha value is -0.640. The molecule has 98 valence electrons. The van der Waals surface area contributed by atoms with Gasteiger partial charge in [0.05, 0.1) is 0 Å². The van der Waals surface area contributed by atoms with Crippen LogP contribution in [0.2, 0.25) is 0 Å². The zero-order chi connectivity index (χ0) is 13.2. The Morgan fingerprint density at radius 2 is 1.78 bits per heavy atom. The van der Waals surface area contributed by atoms with Crippen LogP contribution in [0.25, 0.3) is 3.58 Å². The first kappa shape index (κ1) is 15.4. The van der Waals surface area contributed by atoms with Crippen LogP contribution < -0.4 is 0 Å². The lowest BCUT2D eigenvalue weighted by Gasteiger charge is -2.00. The van der Waals surface area contributed by atoms with Gasteiger partial charge in [-0.15, -0.1) is 0 Å². The van der Waals surface area contributed by atoms with Crippen molar-refractivity contribution < 1.29 is 4.79 Å². The normalized spacial score (nSPS) is 11.6. The van der Waals surface area contributed by atoms with Crippen LogP contribution in [0.4, 0.5) is 0 Å². The Balaban J connectivity index is 2.34. The van der Waals surface area contributed by atoms with Gasteiger partial charge >= 0.3 is 0 Å². The summed E-state index contributed by atoms with van der Waals surface area (Å²) in [4.78, 5) is 11.8. The van der Waals surface area contributed by atoms with Crippen LogP contribution in [-0.4, -0.2) is 5.78 Å². The zero-order valence-electron chi connectivity index (χ0n) is 11.0. The monoisotopic (exact) mass is 356 g/mol. The molecule has 1 aromatic rings. The van der Waals surface area contributed by atoms with Crippen LogP contribution in [0.15, 0.2) is 36.4 Å². The van der Waals surface area contributed by atoms with E-state index < -0.39 is 0 Å². The Kier molecular flexibility index (Phi) is 7.98. The third-order valence-electron chi connectivity index (χ3n) is 2.86. The molecule has 0 unspecified atom stereocenters. The summed E-state index contributed by atoms with van der Waals surface area (Å²) in [7, 11) is 0. The van der Waals surface area contributed by atoms with E-state index in [4.69, 9.17) is 0 Å². The van der Waals surface area contributed by atoms with Crippen LogP contribution in [0, 0.1) is 0 Å². The number of halogens is 1. The molecule has 0 atom stereocenters. The van der Waals surface area contributed by atoms with Crippen molar-refractivity contribution in [3.63, 3.8) is 0 Å². The molecule has 1 nitrogen and oxygen atoms in total. The highest BCUT2D eigenvalue weighted by Crippen LogP contribution is 2.21. The first-order valence-corrected chi connectivity index (χ1v) is 7.77. The topological polar surface area (TPSA) is 17.1 Å². The lowest BCUT2D eigenvalue weighted by atomic mass is 10.1. The molecule has 0 radical (unpaired) electrons. The first-order valence-electron chi connectivity index (χ1n) is 6.69. The molecule has 0 bridgehead atoms. The Morgan fingerprint density at radius 1 is 1.11 bits per heavy atom. The van der Waals surface area contributed by atoms with E-state index in [1.165, 1.54) is 25.7 Å². The third kappa shape index (κ3) is 6.34. The van der Waals surface area contributed by atoms with E-state index in [0.29, 0.717) is 6.42 Å². The smallest absolute Gasteiger partial charge is 0.156 e. The van der Waals surface area contributed by atoms with Gasteiger partial charge in [0.2, 0.25) is 0 Å². The van der Waals surface area contributed by atoms with Crippen molar-refractivity contribution >= 4 is 32.0 Å². The van der Waals surface area contributed by atoms with Crippen molar-refractivity contribution in [2.24, 2.45) is 0 Å². The fraction of sp³-hybridized carbons (Fsp3) is 0.438. The number of unbranched alkanes of at least 4 members (excludes halogenated alkanes) is 4. The van der Waals surface area contributed by atoms with E-state index in [9.17, 15) is 4.79 Å². The highest BCUT2D eigenvalue weighted by molar-refractivity contribution is 14.1. The van der Waals surface area contributed by atoms with Gasteiger partial charge in [-0.1, -0.05) is 62.9 Å². The van der Waals surface area contributed by atoms with Gasteiger partial charge in [-0.3, -0.25) is 4.79 Å². The Labute approximate surface area is 124 Å². The van der Waals surface area contributed by atoms with E-state index in [1.807, 2.05) is 30.3 Å². The molecule has 1 aromatic carbocycles. The average Bonchev–Trinajstić information content (AvgIpc) is 2.39. The van der Waals surface area contributed by atoms with Gasteiger partial charge in [0, 0.05) is 10.0 Å². The quantitative estimate of drug-likeness (QED) is 0.347. The van der Waals surface area contributed by atoms with Crippen molar-refractivity contribution in [1.82, 2.24) is 0 Å². The van der Waals surface area contributed by atoms with E-state index >= 15 is 0 Å². The summed E-state index contributed by atoms with van der Waals surface area (Å²) in [5.74, 6) is 0.250. The molecular weight excluding hydrogens is 335 g/mol. The fourth-order valence-corrected chi connectivity index (χ4v) is 2.50. The molecule has 0 aliphatic heterocycles. The number of hydrogen-bond acceptors (Lipinski definition) is 1. The molecule has 1 rings (SSSR count). The lowest BCUT2D eigenvalue weighted by Crippen LogP contribution is -1.93. The second kappa shape index (κ2) is 9.31. The van der Waals surface area contributed by atoms with Gasteiger partial charge < -0.3 is 0 Å². The molecule has 0 spiro atoms. The van der Waals surface area contributed by atoms with Crippen LogP contribution in [0.1, 0.15) is 51.0 Å². The summed E-state index contributed by atoms with van der Waals surface area (Å²) in [5.41, 5.74) is 1.12. The molecule has 0 saturated heterocycles. The third-order valence-corrected chi connectivity index (χ3v) is 3.80. The minimum absolute atomic E-state index is 0.250. The van der Waals surface area contributed by atoms with Gasteiger partial charge in [0.15, 0.2) is 5.78 Å². The summed E-state index contributed by atoms with van der Waals surface area (Å²) < 4.78 is 1.03. The maximum Gasteiger partial charge on any atom is 0.156 e. The van der Waals surface area contributed by atoms with E-state index in [0.717, 1.165) is 15.6 Å². The van der Waals surface area contributed by atoms with Gasteiger partial charge in [-0.05, 0) is 40.7 Å². The molecule has 0 aliphatic rings. The summed E-state index contributed by atoms with van der Waals surface area (Å²) in [6, 6.07) is 10.1. The number of benzene rings is 1. The first-order chi connectivity index (χ1) is 8.74. The molecule has 0 N–H and O–H groups in total. The SMILES string of the molecule is CCCCCCCC(=O)/C=C(\I)c1ccccc1. The standard InChI is InChI=1S/C16H21IO/c1-2-3-4-5-9-12-15(18)13-16(17)14-10-7-6-8-11-14/h6-8,10-11,13H,2-5,9,12H2,1H3/b16-13-. The van der Waals surface area contributed by atoms with Crippen LogP contribution in [0.5, 0.6) is 0 Å². The Morgan fingerprint density at radius 3 is 2.44 bits per heavy atom. The molecule has 2 heteroatoms. The van der Waals surface area contributed by atoms with Crippen molar-refractivity contribution in [1.29, 1.82) is 0 Å². The zero-order valence-corrected chi connectivity index (χ0v) is 13.2. The predicted molar refractivity (Wildman–Crippen MR) is 86.8 cm³/mol. The molecule has 0 heterocycles. The summed E-state index contributed by atoms with van der Waals surface area (Å²) >= 11 is 2.24. The van der Waals surface area contributed by atoms with Gasteiger partial charge in [0.1, 0.15) is 0 Å². The highest BCUT2D eigenvalue weighted by atomic mass is 127. The summed E-state index contributed by atoms with van der Waals surface area (Å²) in [6.45, 7) is 2.20. The summed E-state index contributed by atoms with van der Waals surface area (Å²) in [5, 5.41) is 0. The molecule has 18 heavy (non-hydrogen) atoms. The van der Waals surface area contributed by atoms with Gasteiger partial charge in [-0.25, -0.2) is 0 Å². The number of rotatable bonds is 8. The van der Waals surface area contributed by atoms with Crippen molar-refractivity contribution in [2.45, 2.75) is 45.4 Å². The van der Waals surface area contributed by atoms with Crippen LogP contribution >= 0.6 is 22.6 Å². The number of ketones is 1. The second-order valence-electron chi connectivity index (χ2n) is 4.49. The van der Waals surface area contributed by atoms with E-state index in [2.05, 4.69) is 29.5 Å². The largest absolute Gasteiger partial charge is 0.295 e. The summed E-state index contributed by atoms with van der Waals surface area (Å²) in [6.07, 6.45) is 8.44. The van der Waals surface area contributed by atoms with Gasteiger partial charge in [-0.2, -0.15) is 0 Å². The predicted octanol–water partition coefficient (Wildman–Crippen LogP) is 5.39. The minimum Gasteiger partial charge on any atom is -0.295 e. The molecule has 0 fully saturated rings. The second-order valence-corrected chi connectivity index (χ2v) is 5.65. The number of allylic oxidation sites excluding steroid dienone is 1. The molecular formula is C16H21IO. The number of hydrogen-bond donors (Lipinski definition) is 0. The highest BCUT2D eigenvalue weighted by Gasteiger charge is 2.01. The Bertz CT molecular complexity index is 381. The molecule has 0 aromatic heterocycles. The van der Waals surface area contributed by atoms with E-state index in [1.54, 1.807) is 6.08 Å². The van der Waals surface area contributed by atoms with Gasteiger partial charge in [0.25, 0.3) is 0 Å². The van der Waals surface area contributed by atoms with Crippen molar-refractivity contribution in [2.75, 3.05) is 0 Å².